The molecule has 1 atom stereocenters. The lowest BCUT2D eigenvalue weighted by molar-refractivity contribution is 0.0618. The van der Waals surface area contributed by atoms with Gasteiger partial charge in [0.2, 0.25) is 5.89 Å². The van der Waals surface area contributed by atoms with Gasteiger partial charge in [0, 0.05) is 32.5 Å². The van der Waals surface area contributed by atoms with E-state index >= 15 is 0 Å². The topological polar surface area (TPSA) is 62.4 Å². The third-order valence-electron chi connectivity index (χ3n) is 4.70. The highest BCUT2D eigenvalue weighted by Gasteiger charge is 2.32. The Balaban J connectivity index is 1.34. The van der Waals surface area contributed by atoms with E-state index < -0.39 is 6.10 Å². The molecule has 0 amide bonds. The van der Waals surface area contributed by atoms with Crippen LogP contribution in [0.4, 0.5) is 0 Å². The summed E-state index contributed by atoms with van der Waals surface area (Å²) in [6.45, 7) is 4.14. The van der Waals surface area contributed by atoms with E-state index in [4.69, 9.17) is 4.52 Å². The molecule has 1 saturated heterocycles. The lowest BCUT2D eigenvalue weighted by Gasteiger charge is -2.38. The summed E-state index contributed by atoms with van der Waals surface area (Å²) in [4.78, 5) is 6.49. The Morgan fingerprint density at radius 1 is 1.08 bits per heavy atom. The molecule has 0 saturated carbocycles. The van der Waals surface area contributed by atoms with Crippen molar-refractivity contribution in [3.05, 3.63) is 71.9 Å². The fourth-order valence-electron chi connectivity index (χ4n) is 3.24. The normalized spacial score (nSPS) is 16.6. The highest BCUT2D eigenvalue weighted by Crippen LogP contribution is 2.28. The molecule has 5 heteroatoms. The SMILES string of the molecule is Cc1nc(C2CN(CC(O)c3ccc(-c4ccccc4)cc3)C2)no1. The molecule has 4 rings (SSSR count). The van der Waals surface area contributed by atoms with Crippen molar-refractivity contribution in [3.63, 3.8) is 0 Å². The highest BCUT2D eigenvalue weighted by atomic mass is 16.5. The van der Waals surface area contributed by atoms with Crippen molar-refractivity contribution in [2.75, 3.05) is 19.6 Å². The van der Waals surface area contributed by atoms with Crippen molar-refractivity contribution in [3.8, 4) is 11.1 Å². The molecule has 2 heterocycles. The number of aryl methyl sites for hydroxylation is 1. The Morgan fingerprint density at radius 3 is 2.40 bits per heavy atom. The van der Waals surface area contributed by atoms with Gasteiger partial charge in [0.25, 0.3) is 0 Å². The van der Waals surface area contributed by atoms with Crippen molar-refractivity contribution in [2.45, 2.75) is 18.9 Å². The van der Waals surface area contributed by atoms with E-state index in [-0.39, 0.29) is 0 Å². The van der Waals surface area contributed by atoms with Crippen LogP contribution in [0.5, 0.6) is 0 Å². The largest absolute Gasteiger partial charge is 0.387 e. The highest BCUT2D eigenvalue weighted by molar-refractivity contribution is 5.63. The van der Waals surface area contributed by atoms with Crippen LogP contribution in [0.15, 0.2) is 59.1 Å². The van der Waals surface area contributed by atoms with Crippen LogP contribution in [0.25, 0.3) is 11.1 Å². The Hall–Kier alpha value is -2.50. The molecule has 0 bridgehead atoms. The smallest absolute Gasteiger partial charge is 0.223 e. The standard InChI is InChI=1S/C20H21N3O2/c1-14-21-20(22-25-14)18-11-23(12-18)13-19(24)17-9-7-16(8-10-17)15-5-3-2-4-6-15/h2-10,18-19,24H,11-13H2,1H3. The first-order valence-corrected chi connectivity index (χ1v) is 8.55. The number of benzene rings is 2. The summed E-state index contributed by atoms with van der Waals surface area (Å²) in [5, 5.41) is 14.5. The van der Waals surface area contributed by atoms with Gasteiger partial charge in [0.15, 0.2) is 5.82 Å². The van der Waals surface area contributed by atoms with Crippen LogP contribution in [0.3, 0.4) is 0 Å². The number of aliphatic hydroxyl groups is 1. The van der Waals surface area contributed by atoms with Gasteiger partial charge >= 0.3 is 0 Å². The fourth-order valence-corrected chi connectivity index (χ4v) is 3.24. The van der Waals surface area contributed by atoms with Gasteiger partial charge in [-0.05, 0) is 16.7 Å². The second-order valence-electron chi connectivity index (χ2n) is 6.59. The first-order chi connectivity index (χ1) is 12.2. The molecule has 1 aliphatic heterocycles. The van der Waals surface area contributed by atoms with Gasteiger partial charge in [-0.15, -0.1) is 0 Å². The molecule has 1 unspecified atom stereocenters. The zero-order valence-corrected chi connectivity index (χ0v) is 14.2. The zero-order valence-electron chi connectivity index (χ0n) is 14.2. The van der Waals surface area contributed by atoms with E-state index in [2.05, 4.69) is 39.3 Å². The van der Waals surface area contributed by atoms with E-state index in [1.165, 1.54) is 5.56 Å². The molecule has 5 nitrogen and oxygen atoms in total. The van der Waals surface area contributed by atoms with E-state index in [0.29, 0.717) is 18.4 Å². The minimum absolute atomic E-state index is 0.310. The number of aliphatic hydroxyl groups excluding tert-OH is 1. The quantitative estimate of drug-likeness (QED) is 0.776. The Kier molecular flexibility index (Phi) is 4.34. The summed E-state index contributed by atoms with van der Waals surface area (Å²) in [7, 11) is 0. The monoisotopic (exact) mass is 335 g/mol. The number of β-amino-alcohol motifs (C(OH)–C–C–N with tert-alkyl or cyclic N) is 1. The van der Waals surface area contributed by atoms with Crippen molar-refractivity contribution >= 4 is 0 Å². The lowest BCUT2D eigenvalue weighted by atomic mass is 9.97. The fraction of sp³-hybridized carbons (Fsp3) is 0.300. The number of rotatable bonds is 5. The molecular formula is C20H21N3O2. The minimum Gasteiger partial charge on any atom is -0.387 e. The molecule has 0 aliphatic carbocycles. The molecule has 1 fully saturated rings. The van der Waals surface area contributed by atoms with Crippen LogP contribution >= 0.6 is 0 Å². The van der Waals surface area contributed by atoms with Crippen molar-refractivity contribution in [1.82, 2.24) is 15.0 Å². The summed E-state index contributed by atoms with van der Waals surface area (Å²) >= 11 is 0. The summed E-state index contributed by atoms with van der Waals surface area (Å²) in [6.07, 6.45) is -0.488. The van der Waals surface area contributed by atoms with Crippen molar-refractivity contribution in [1.29, 1.82) is 0 Å². The summed E-state index contributed by atoms with van der Waals surface area (Å²) in [5.41, 5.74) is 3.29. The predicted octanol–water partition coefficient (Wildman–Crippen LogP) is 3.18. The van der Waals surface area contributed by atoms with Gasteiger partial charge in [-0.3, -0.25) is 4.90 Å². The van der Waals surface area contributed by atoms with Crippen molar-refractivity contribution in [2.24, 2.45) is 0 Å². The second kappa shape index (κ2) is 6.78. The molecule has 1 aliphatic rings. The number of likely N-dealkylation sites (tertiary alicyclic amines) is 1. The number of aromatic nitrogens is 2. The van der Waals surface area contributed by atoms with E-state index in [1.54, 1.807) is 6.92 Å². The van der Waals surface area contributed by atoms with Gasteiger partial charge in [-0.1, -0.05) is 59.8 Å². The third-order valence-corrected chi connectivity index (χ3v) is 4.70. The molecule has 2 aromatic carbocycles. The summed E-state index contributed by atoms with van der Waals surface area (Å²) in [6, 6.07) is 18.4. The van der Waals surface area contributed by atoms with E-state index in [0.717, 1.165) is 30.0 Å². The first-order valence-electron chi connectivity index (χ1n) is 8.55. The van der Waals surface area contributed by atoms with Gasteiger partial charge < -0.3 is 9.63 Å². The number of hydrogen-bond donors (Lipinski definition) is 1. The third kappa shape index (κ3) is 3.48. The molecule has 0 spiro atoms. The number of hydrogen-bond acceptors (Lipinski definition) is 5. The van der Waals surface area contributed by atoms with Crippen LogP contribution in [0, 0.1) is 6.92 Å². The summed E-state index contributed by atoms with van der Waals surface area (Å²) < 4.78 is 5.03. The van der Waals surface area contributed by atoms with Gasteiger partial charge in [-0.25, -0.2) is 0 Å². The van der Waals surface area contributed by atoms with Gasteiger partial charge in [0.05, 0.1) is 6.10 Å². The van der Waals surface area contributed by atoms with E-state index in [9.17, 15) is 5.11 Å². The second-order valence-corrected chi connectivity index (χ2v) is 6.59. The first kappa shape index (κ1) is 16.0. The maximum absolute atomic E-state index is 10.5. The van der Waals surface area contributed by atoms with Crippen LogP contribution in [0.1, 0.15) is 29.3 Å². The predicted molar refractivity (Wildman–Crippen MR) is 95.1 cm³/mol. The molecule has 3 aromatic rings. The molecule has 128 valence electrons. The molecule has 25 heavy (non-hydrogen) atoms. The Labute approximate surface area is 146 Å². The zero-order chi connectivity index (χ0) is 17.2. The van der Waals surface area contributed by atoms with Crippen LogP contribution < -0.4 is 0 Å². The van der Waals surface area contributed by atoms with Gasteiger partial charge in [0.1, 0.15) is 0 Å². The number of nitrogens with zero attached hydrogens (tertiary/aromatic N) is 3. The Bertz CT molecular complexity index is 824. The van der Waals surface area contributed by atoms with Gasteiger partial charge in [-0.2, -0.15) is 4.98 Å². The van der Waals surface area contributed by atoms with Crippen LogP contribution in [0.2, 0.25) is 0 Å². The van der Waals surface area contributed by atoms with E-state index in [1.807, 2.05) is 30.3 Å². The Morgan fingerprint density at radius 2 is 1.76 bits per heavy atom. The molecule has 0 radical (unpaired) electrons. The average molecular weight is 335 g/mol. The average Bonchev–Trinajstić information content (AvgIpc) is 3.04. The van der Waals surface area contributed by atoms with Crippen LogP contribution in [-0.4, -0.2) is 39.8 Å². The maximum atomic E-state index is 10.5. The summed E-state index contributed by atoms with van der Waals surface area (Å²) in [5.74, 6) is 1.69. The molecule has 1 aromatic heterocycles. The lowest BCUT2D eigenvalue weighted by Crippen LogP contribution is -2.47. The molecular weight excluding hydrogens is 314 g/mol. The molecule has 1 N–H and O–H groups in total. The maximum Gasteiger partial charge on any atom is 0.223 e. The minimum atomic E-state index is -0.488. The van der Waals surface area contributed by atoms with Crippen LogP contribution in [-0.2, 0) is 0 Å². The van der Waals surface area contributed by atoms with Crippen molar-refractivity contribution < 1.29 is 9.63 Å².